The van der Waals surface area contributed by atoms with Crippen LogP contribution in [0.2, 0.25) is 0 Å². The Morgan fingerprint density at radius 2 is 2.00 bits per heavy atom. The molecule has 1 heterocycles. The number of hydrogen-bond donors (Lipinski definition) is 0. The van der Waals surface area contributed by atoms with Gasteiger partial charge in [-0.15, -0.1) is 0 Å². The first-order chi connectivity index (χ1) is 15.8. The van der Waals surface area contributed by atoms with Crippen LogP contribution in [0.1, 0.15) is 85.0 Å². The zero-order valence-corrected chi connectivity index (χ0v) is 20.9. The minimum absolute atomic E-state index is 0.0679. The molecule has 0 aromatic heterocycles. The van der Waals surface area contributed by atoms with Crippen molar-refractivity contribution in [3.05, 3.63) is 23.3 Å². The number of Topliss-reactive ketones (excluding diaryl/α,β-unsaturated/α-hetero) is 2. The van der Waals surface area contributed by atoms with Crippen LogP contribution in [0.5, 0.6) is 0 Å². The average Bonchev–Trinajstić information content (AvgIpc) is 3.08. The highest BCUT2D eigenvalue weighted by molar-refractivity contribution is 5.84. The van der Waals surface area contributed by atoms with E-state index < -0.39 is 0 Å². The van der Waals surface area contributed by atoms with Crippen molar-refractivity contribution < 1.29 is 19.1 Å². The summed E-state index contributed by atoms with van der Waals surface area (Å²) in [6, 6.07) is 0. The van der Waals surface area contributed by atoms with E-state index >= 15 is 0 Å². The lowest BCUT2D eigenvalue weighted by atomic mass is 9.51. The van der Waals surface area contributed by atoms with Crippen LogP contribution in [0.25, 0.3) is 0 Å². The van der Waals surface area contributed by atoms with Crippen molar-refractivity contribution in [1.29, 1.82) is 0 Å². The fourth-order valence-electron chi connectivity index (χ4n) is 8.33. The van der Waals surface area contributed by atoms with Gasteiger partial charge in [0.15, 0.2) is 0 Å². The third kappa shape index (κ3) is 4.10. The Kier molecular flexibility index (Phi) is 6.46. The van der Waals surface area contributed by atoms with Crippen LogP contribution in [0.15, 0.2) is 23.3 Å². The zero-order chi connectivity index (χ0) is 23.2. The predicted molar refractivity (Wildman–Crippen MR) is 129 cm³/mol. The van der Waals surface area contributed by atoms with Crippen molar-refractivity contribution >= 4 is 11.6 Å². The number of carbonyl (C=O) groups is 2. The van der Waals surface area contributed by atoms with E-state index in [1.807, 2.05) is 0 Å². The second-order valence-corrected chi connectivity index (χ2v) is 12.0. The molecule has 6 atom stereocenters. The van der Waals surface area contributed by atoms with Crippen molar-refractivity contribution in [2.45, 2.75) is 91.1 Å². The summed E-state index contributed by atoms with van der Waals surface area (Å²) in [6.45, 7) is 9.38. The Morgan fingerprint density at radius 1 is 1.21 bits per heavy atom. The van der Waals surface area contributed by atoms with Crippen LogP contribution < -0.4 is 0 Å². The predicted octanol–water partition coefficient (Wildman–Crippen LogP) is 5.85. The summed E-state index contributed by atoms with van der Waals surface area (Å²) in [4.78, 5) is 25.6. The summed E-state index contributed by atoms with van der Waals surface area (Å²) in [5.41, 5.74) is 3.11. The molecule has 1 saturated heterocycles. The Morgan fingerprint density at radius 3 is 2.79 bits per heavy atom. The number of ether oxygens (including phenoxy) is 2. The lowest BCUT2D eigenvalue weighted by molar-refractivity contribution is -0.129. The standard InChI is InChI=1S/C29H42O4/c1-19-17-25-23-7-6-20-18-21(30)8-12-28(20,2)24(23)9-13-29(25,3)27(19)26(31)5-4-14-33-22-10-15-32-16-11-22/h6,9,19,22-23,25,27H,4-5,7-8,10-18H2,1-3H3/t19-,23-,25+,27-,28+,29+/m1/s1. The Labute approximate surface area is 199 Å². The second-order valence-electron chi connectivity index (χ2n) is 12.0. The van der Waals surface area contributed by atoms with E-state index in [9.17, 15) is 9.59 Å². The molecule has 2 saturated carbocycles. The highest BCUT2D eigenvalue weighted by Gasteiger charge is 2.59. The van der Waals surface area contributed by atoms with Crippen LogP contribution in [0.3, 0.4) is 0 Å². The van der Waals surface area contributed by atoms with Gasteiger partial charge in [0.2, 0.25) is 0 Å². The maximum absolute atomic E-state index is 13.5. The van der Waals surface area contributed by atoms with Crippen LogP contribution in [-0.2, 0) is 19.1 Å². The molecule has 1 aliphatic heterocycles. The number of ketones is 2. The van der Waals surface area contributed by atoms with E-state index in [0.29, 0.717) is 61.3 Å². The van der Waals surface area contributed by atoms with Gasteiger partial charge in [-0.25, -0.2) is 0 Å². The van der Waals surface area contributed by atoms with Crippen LogP contribution in [0, 0.1) is 34.5 Å². The zero-order valence-electron chi connectivity index (χ0n) is 20.9. The molecular formula is C29H42O4. The molecular weight excluding hydrogens is 412 g/mol. The van der Waals surface area contributed by atoms with Crippen molar-refractivity contribution in [3.63, 3.8) is 0 Å². The summed E-state index contributed by atoms with van der Waals surface area (Å²) < 4.78 is 11.4. The van der Waals surface area contributed by atoms with Crippen molar-refractivity contribution in [2.75, 3.05) is 19.8 Å². The molecule has 182 valence electrons. The smallest absolute Gasteiger partial charge is 0.137 e. The Hall–Kier alpha value is -1.26. The molecule has 4 nitrogen and oxygen atoms in total. The first kappa shape index (κ1) is 23.5. The second kappa shape index (κ2) is 9.07. The molecule has 5 aliphatic rings. The molecule has 0 amide bonds. The molecule has 0 aromatic rings. The van der Waals surface area contributed by atoms with E-state index in [0.717, 1.165) is 58.2 Å². The monoisotopic (exact) mass is 454 g/mol. The van der Waals surface area contributed by atoms with Gasteiger partial charge >= 0.3 is 0 Å². The fourth-order valence-corrected chi connectivity index (χ4v) is 8.33. The van der Waals surface area contributed by atoms with Gasteiger partial charge in [0, 0.05) is 50.4 Å². The SMILES string of the molecule is C[C@@H]1C[C@H]2[C@@H]3CC=C4CC(=O)CC[C@]4(C)C3=CC[C@]2(C)[C@H]1C(=O)CCCOC1CCOCC1. The first-order valence-corrected chi connectivity index (χ1v) is 13.5. The van der Waals surface area contributed by atoms with Gasteiger partial charge in [0.25, 0.3) is 0 Å². The molecule has 5 rings (SSSR count). The molecule has 0 aromatic carbocycles. The normalized spacial score (nSPS) is 41.0. The molecule has 0 unspecified atom stereocenters. The molecule has 33 heavy (non-hydrogen) atoms. The molecule has 4 heteroatoms. The van der Waals surface area contributed by atoms with Gasteiger partial charge < -0.3 is 9.47 Å². The lowest BCUT2D eigenvalue weighted by Crippen LogP contribution is -2.45. The van der Waals surface area contributed by atoms with Gasteiger partial charge in [-0.05, 0) is 68.1 Å². The summed E-state index contributed by atoms with van der Waals surface area (Å²) in [5.74, 6) is 2.59. The van der Waals surface area contributed by atoms with Gasteiger partial charge in [-0.2, -0.15) is 0 Å². The van der Waals surface area contributed by atoms with Crippen LogP contribution in [0.4, 0.5) is 0 Å². The third-order valence-electron chi connectivity index (χ3n) is 10.1. The molecule has 3 fully saturated rings. The average molecular weight is 455 g/mol. The summed E-state index contributed by atoms with van der Waals surface area (Å²) in [5, 5.41) is 0. The topological polar surface area (TPSA) is 52.6 Å². The maximum Gasteiger partial charge on any atom is 0.137 e. The van der Waals surface area contributed by atoms with Gasteiger partial charge in [-0.1, -0.05) is 44.1 Å². The maximum atomic E-state index is 13.5. The molecule has 4 aliphatic carbocycles. The molecule has 0 radical (unpaired) electrons. The van der Waals surface area contributed by atoms with E-state index in [2.05, 4.69) is 32.9 Å². The van der Waals surface area contributed by atoms with E-state index in [1.54, 1.807) is 5.57 Å². The largest absolute Gasteiger partial charge is 0.381 e. The van der Waals surface area contributed by atoms with Crippen molar-refractivity contribution in [2.24, 2.45) is 34.5 Å². The van der Waals surface area contributed by atoms with E-state index in [1.165, 1.54) is 5.57 Å². The summed E-state index contributed by atoms with van der Waals surface area (Å²) in [7, 11) is 0. The third-order valence-corrected chi connectivity index (χ3v) is 10.1. The molecule has 0 N–H and O–H groups in total. The van der Waals surface area contributed by atoms with Gasteiger partial charge in [0.1, 0.15) is 11.6 Å². The van der Waals surface area contributed by atoms with Crippen LogP contribution in [-0.4, -0.2) is 37.5 Å². The minimum atomic E-state index is 0.0679. The van der Waals surface area contributed by atoms with Gasteiger partial charge in [-0.3, -0.25) is 9.59 Å². The highest BCUT2D eigenvalue weighted by atomic mass is 16.5. The van der Waals surface area contributed by atoms with Crippen molar-refractivity contribution in [3.8, 4) is 0 Å². The highest BCUT2D eigenvalue weighted by Crippen LogP contribution is 2.65. The number of rotatable bonds is 6. The number of hydrogen-bond acceptors (Lipinski definition) is 4. The Balaban J connectivity index is 1.26. The fraction of sp³-hybridized carbons (Fsp3) is 0.793. The minimum Gasteiger partial charge on any atom is -0.381 e. The molecule has 0 bridgehead atoms. The lowest BCUT2D eigenvalue weighted by Gasteiger charge is -2.52. The van der Waals surface area contributed by atoms with E-state index in [4.69, 9.17) is 9.47 Å². The van der Waals surface area contributed by atoms with E-state index in [-0.39, 0.29) is 16.7 Å². The quantitative estimate of drug-likeness (QED) is 0.373. The molecule has 0 spiro atoms. The Bertz CT molecular complexity index is 850. The number of allylic oxidation sites excluding steroid dienone is 4. The number of carbonyl (C=O) groups excluding carboxylic acids is 2. The van der Waals surface area contributed by atoms with Crippen LogP contribution >= 0.6 is 0 Å². The first-order valence-electron chi connectivity index (χ1n) is 13.5. The number of fused-ring (bicyclic) bond motifs is 5. The van der Waals surface area contributed by atoms with Gasteiger partial charge in [0.05, 0.1) is 6.10 Å². The van der Waals surface area contributed by atoms with Crippen molar-refractivity contribution in [1.82, 2.24) is 0 Å². The summed E-state index contributed by atoms with van der Waals surface area (Å²) in [6.07, 6.45) is 14.2. The summed E-state index contributed by atoms with van der Waals surface area (Å²) >= 11 is 0.